The molecule has 1 aliphatic carbocycles. The number of ketones is 2. The van der Waals surface area contributed by atoms with E-state index in [4.69, 9.17) is 28.1 Å². The monoisotopic (exact) mass is 948 g/mol. The summed E-state index contributed by atoms with van der Waals surface area (Å²) < 4.78 is 38.0. The molecule has 3 heterocycles. The smallest absolute Gasteiger partial charge is 0.329 e. The van der Waals surface area contributed by atoms with Crippen LogP contribution < -0.4 is 0 Å². The second kappa shape index (κ2) is 24.5. The molecule has 0 aromatic carbocycles. The molecule has 378 valence electrons. The average molecular weight is 948 g/mol. The molecule has 4 aliphatic rings. The second-order valence-electron chi connectivity index (χ2n) is 21.6. The number of aliphatic hydroxyl groups excluding tert-OH is 1. The number of nitrogens with zero attached hydrogens (tertiary/aromatic N) is 1. The lowest BCUT2D eigenvalue weighted by Gasteiger charge is -2.47. The van der Waals surface area contributed by atoms with Crippen molar-refractivity contribution in [3.63, 3.8) is 0 Å². The molecule has 0 radical (unpaired) electrons. The van der Waals surface area contributed by atoms with Gasteiger partial charge in [-0.1, -0.05) is 87.0 Å². The Morgan fingerprint density at radius 2 is 1.47 bits per heavy atom. The van der Waals surface area contributed by atoms with E-state index in [1.807, 2.05) is 26.8 Å². The zero-order valence-corrected chi connectivity index (χ0v) is 44.3. The number of rotatable bonds is 11. The zero-order chi connectivity index (χ0) is 49.4. The summed E-state index contributed by atoms with van der Waals surface area (Å²) in [6.07, 6.45) is 5.25. The van der Waals surface area contributed by atoms with E-state index < -0.39 is 86.1 Å². The first-order valence-corrected chi connectivity index (χ1v) is 27.4. The van der Waals surface area contributed by atoms with Gasteiger partial charge in [0.05, 0.1) is 30.5 Å². The maximum Gasteiger partial charge on any atom is 0.329 e. The van der Waals surface area contributed by atoms with Crippen molar-refractivity contribution in [2.24, 2.45) is 29.6 Å². The van der Waals surface area contributed by atoms with Crippen molar-refractivity contribution in [1.82, 2.24) is 4.90 Å². The van der Waals surface area contributed by atoms with Gasteiger partial charge < -0.3 is 43.2 Å². The Morgan fingerprint density at radius 3 is 2.05 bits per heavy atom. The molecule has 0 aromatic rings. The number of fused-ring (bicyclic) bond motifs is 3. The highest BCUT2D eigenvalue weighted by Crippen LogP contribution is 2.46. The predicted octanol–water partition coefficient (Wildman–Crippen LogP) is 8.67. The highest BCUT2D eigenvalue weighted by molar-refractivity contribution is 6.77. The molecule has 0 aromatic heterocycles. The fraction of sp³-hybridized carbons (Fsp3) is 0.846. The van der Waals surface area contributed by atoms with E-state index in [1.165, 1.54) is 4.90 Å². The number of methoxy groups -OCH3 is 3. The van der Waals surface area contributed by atoms with Gasteiger partial charge in [0, 0.05) is 52.0 Å². The molecule has 1 saturated carbocycles. The van der Waals surface area contributed by atoms with E-state index >= 15 is 0 Å². The third kappa shape index (κ3) is 12.7. The van der Waals surface area contributed by atoms with E-state index in [-0.39, 0.29) is 55.6 Å². The van der Waals surface area contributed by atoms with E-state index in [2.05, 4.69) is 54.5 Å². The number of cyclic esters (lactones) is 1. The van der Waals surface area contributed by atoms with Crippen molar-refractivity contribution in [2.45, 2.75) is 225 Å². The molecule has 2 N–H and O–H groups in total. The van der Waals surface area contributed by atoms with Gasteiger partial charge in [-0.3, -0.25) is 14.4 Å². The van der Waals surface area contributed by atoms with Crippen LogP contribution in [0, 0.1) is 29.6 Å². The lowest BCUT2D eigenvalue weighted by molar-refractivity contribution is -0.302. The molecule has 4 rings (SSSR count). The quantitative estimate of drug-likeness (QED) is 0.0877. The number of amides is 1. The lowest BCUT2D eigenvalue weighted by Crippen LogP contribution is -2.64. The minimum Gasteiger partial charge on any atom is -0.456 e. The van der Waals surface area contributed by atoms with Crippen molar-refractivity contribution in [3.05, 3.63) is 23.3 Å². The number of aliphatic hydroxyl groups is 2. The van der Waals surface area contributed by atoms with Gasteiger partial charge in [0.2, 0.25) is 14.1 Å². The second-order valence-corrected chi connectivity index (χ2v) is 27.0. The normalized spacial score (nSPS) is 37.6. The summed E-state index contributed by atoms with van der Waals surface area (Å²) in [5, 5.41) is 24.1. The first kappa shape index (κ1) is 56.3. The van der Waals surface area contributed by atoms with Gasteiger partial charge in [-0.05, 0) is 112 Å². The van der Waals surface area contributed by atoms with Gasteiger partial charge in [0.15, 0.2) is 0 Å². The highest BCUT2D eigenvalue weighted by atomic mass is 28.4. The van der Waals surface area contributed by atoms with Crippen molar-refractivity contribution in [2.75, 3.05) is 27.9 Å². The Balaban J connectivity index is 1.74. The number of carbonyl (C=O) groups is 4. The van der Waals surface area contributed by atoms with Crippen LogP contribution in [-0.4, -0.2) is 129 Å². The Labute approximate surface area is 398 Å². The fourth-order valence-corrected chi connectivity index (χ4v) is 17.8. The molecule has 0 spiro atoms. The van der Waals surface area contributed by atoms with Crippen molar-refractivity contribution in [1.29, 1.82) is 0 Å². The van der Waals surface area contributed by atoms with Crippen LogP contribution in [-0.2, 0) is 47.3 Å². The van der Waals surface area contributed by atoms with E-state index in [0.29, 0.717) is 55.1 Å². The van der Waals surface area contributed by atoms with Gasteiger partial charge in [-0.25, -0.2) is 4.79 Å². The van der Waals surface area contributed by atoms with E-state index in [9.17, 15) is 29.4 Å². The summed E-state index contributed by atoms with van der Waals surface area (Å²) in [6, 6.07) is -1.13. The molecular weight excluding hydrogens is 859 g/mol. The summed E-state index contributed by atoms with van der Waals surface area (Å²) in [6.45, 7) is 25.2. The molecule has 2 bridgehead atoms. The number of Topliss-reactive ketones (excluding diaryl/α,β-unsaturated/α-hetero) is 2. The van der Waals surface area contributed by atoms with Gasteiger partial charge in [0.1, 0.15) is 24.0 Å². The van der Waals surface area contributed by atoms with Crippen LogP contribution in [0.25, 0.3) is 0 Å². The third-order valence-corrected chi connectivity index (χ3v) is 22.1. The molecule has 14 atom stereocenters. The first-order valence-electron chi connectivity index (χ1n) is 25.3. The van der Waals surface area contributed by atoms with Crippen LogP contribution in [0.3, 0.4) is 0 Å². The molecule has 3 aliphatic heterocycles. The molecule has 3 fully saturated rings. The number of carbonyl (C=O) groups excluding carboxylic acids is 4. The summed E-state index contributed by atoms with van der Waals surface area (Å²) >= 11 is 0. The van der Waals surface area contributed by atoms with Crippen LogP contribution in [0.4, 0.5) is 0 Å². The van der Waals surface area contributed by atoms with Gasteiger partial charge in [-0.2, -0.15) is 0 Å². The number of piperidine rings is 1. The summed E-state index contributed by atoms with van der Waals surface area (Å²) in [7, 11) is 2.64. The van der Waals surface area contributed by atoms with Crippen molar-refractivity contribution >= 4 is 31.8 Å². The summed E-state index contributed by atoms with van der Waals surface area (Å²) in [5.41, 5.74) is 3.02. The van der Waals surface area contributed by atoms with Crippen molar-refractivity contribution in [3.8, 4) is 0 Å². The van der Waals surface area contributed by atoms with Crippen LogP contribution in [0.1, 0.15) is 154 Å². The molecule has 2 saturated heterocycles. The number of ether oxygens (including phenoxy) is 5. The topological polar surface area (TPSA) is 167 Å². The maximum absolute atomic E-state index is 14.6. The fourth-order valence-electron chi connectivity index (χ4n) is 12.2. The highest BCUT2D eigenvalue weighted by Gasteiger charge is 2.57. The predicted molar refractivity (Wildman–Crippen MR) is 258 cm³/mol. The molecule has 13 nitrogen and oxygen atoms in total. The van der Waals surface area contributed by atoms with E-state index in [0.717, 1.165) is 24.0 Å². The number of allylic oxidation sites excluding steroid dienone is 3. The Bertz CT molecular complexity index is 1680. The van der Waals surface area contributed by atoms with Gasteiger partial charge in [-0.15, -0.1) is 0 Å². The number of hydrogen-bond acceptors (Lipinski definition) is 12. The first-order chi connectivity index (χ1) is 31.0. The zero-order valence-electron chi connectivity index (χ0n) is 43.3. The maximum atomic E-state index is 14.6. The largest absolute Gasteiger partial charge is 0.456 e. The minimum atomic E-state index is -2.50. The van der Waals surface area contributed by atoms with Gasteiger partial charge in [0.25, 0.3) is 11.7 Å². The van der Waals surface area contributed by atoms with Crippen LogP contribution >= 0.6 is 0 Å². The Morgan fingerprint density at radius 1 is 0.864 bits per heavy atom. The van der Waals surface area contributed by atoms with E-state index in [1.54, 1.807) is 35.2 Å². The molecule has 14 heteroatoms. The SMILES string of the molecule is CCC1/C=C(\C)CC(C)CC(OC)C2OC(O)(C(=O)C(=O)N3CCCCC3C(=O)OC(C(C)=CC3CCC(O[Si](C(C)C)(C(C)C)C(C)C)C(OC)C3)C(C)C(O)CC1=O)C(C)CC2OC. The molecule has 66 heavy (non-hydrogen) atoms. The minimum absolute atomic E-state index is 0.0365. The van der Waals surface area contributed by atoms with Crippen LogP contribution in [0.5, 0.6) is 0 Å². The third-order valence-electron chi connectivity index (χ3n) is 15.9. The standard InChI is InChI=1S/C52H89NO12Si/c1-16-39-24-33(8)23-34(9)25-45(61-14)48-46(62-15)27-36(11)52(59,64-48)49(56)50(57)53-22-18-17-19-40(53)51(58)63-47(37(12)41(54)29-42(39)55)35(10)26-38-20-21-43(44(28-38)60-13)65-66(30(2)3,31(4)5)32(6)7/h24,26,30-32,34,36-41,43-48,54,59H,16-23,25,27-29H2,1-15H3/b33-24+,35-26?. The lowest BCUT2D eigenvalue weighted by atomic mass is 9.81. The molecule has 14 unspecified atom stereocenters. The molecule has 1 amide bonds. The summed E-state index contributed by atoms with van der Waals surface area (Å²) in [5.74, 6) is -7.35. The average Bonchev–Trinajstić information content (AvgIpc) is 3.27. The number of esters is 1. The van der Waals surface area contributed by atoms with Crippen molar-refractivity contribution < 1.29 is 57.5 Å². The van der Waals surface area contributed by atoms with Gasteiger partial charge >= 0.3 is 5.97 Å². The Kier molecular flexibility index (Phi) is 20.9. The van der Waals surface area contributed by atoms with Crippen LogP contribution in [0.15, 0.2) is 23.3 Å². The van der Waals surface area contributed by atoms with Crippen LogP contribution in [0.2, 0.25) is 16.6 Å². The molecular formula is C52H89NO12Si. The number of hydrogen-bond donors (Lipinski definition) is 2. The summed E-state index contributed by atoms with van der Waals surface area (Å²) in [4.78, 5) is 58.6. The Hall–Kier alpha value is -2.30.